The average molecular weight is 565 g/mol. The standard InChI is InChI=1S/C20H24N10O6S2/c21-19-25-13-11(23-5-29(13)17-9(33)1-7(3-31)35-17)15(27-19)37-38-16-12-14(26-20(22)28-16)30(6-24-12)18-10(34)2-8(4-32)36-18/h5-10,17-18,31-34H,1-4H2,(H2,21,25,27)(H2,22,26,28)/t7-,8-,9+,10+,17+,18+/m0/s1. The molecule has 6 atom stereocenters. The molecule has 0 aliphatic carbocycles. The number of nitrogen functional groups attached to an aromatic ring is 2. The molecule has 0 unspecified atom stereocenters. The number of nitrogens with two attached hydrogens (primary N) is 2. The third kappa shape index (κ3) is 4.41. The van der Waals surface area contributed by atoms with Gasteiger partial charge in [-0.15, -0.1) is 0 Å². The van der Waals surface area contributed by atoms with Crippen LogP contribution in [-0.2, 0) is 9.47 Å². The first kappa shape index (κ1) is 25.4. The van der Waals surface area contributed by atoms with Crippen molar-refractivity contribution in [3.8, 4) is 0 Å². The van der Waals surface area contributed by atoms with Crippen LogP contribution in [0.25, 0.3) is 22.3 Å². The maximum absolute atomic E-state index is 10.4. The maximum Gasteiger partial charge on any atom is 0.223 e. The SMILES string of the molecule is Nc1nc(SSc2nc(N)nc3c2ncn3[C@@H]2O[C@H](CO)C[C@H]2O)c2ncn([C@@H]3O[C@H](CO)C[C@H]3O)c2n1. The van der Waals surface area contributed by atoms with Crippen molar-refractivity contribution in [3.05, 3.63) is 12.7 Å². The van der Waals surface area contributed by atoms with E-state index in [4.69, 9.17) is 20.9 Å². The lowest BCUT2D eigenvalue weighted by atomic mass is 10.2. The van der Waals surface area contributed by atoms with Gasteiger partial charge in [-0.25, -0.2) is 19.9 Å². The van der Waals surface area contributed by atoms with Crippen molar-refractivity contribution in [2.45, 2.75) is 59.8 Å². The highest BCUT2D eigenvalue weighted by Gasteiger charge is 2.37. The Morgan fingerprint density at radius 1 is 0.763 bits per heavy atom. The molecular formula is C20H24N10O6S2. The molecule has 0 spiro atoms. The molecular weight excluding hydrogens is 540 g/mol. The van der Waals surface area contributed by atoms with Crippen molar-refractivity contribution in [3.63, 3.8) is 0 Å². The Kier molecular flexibility index (Phi) is 6.72. The predicted octanol–water partition coefficient (Wildman–Crippen LogP) is -0.789. The summed E-state index contributed by atoms with van der Waals surface area (Å²) in [5.74, 6) is -0.00745. The molecule has 2 fully saturated rings. The number of aromatic nitrogens is 8. The van der Waals surface area contributed by atoms with Gasteiger partial charge in [-0.1, -0.05) is 0 Å². The lowest BCUT2D eigenvalue weighted by Crippen LogP contribution is -2.19. The van der Waals surface area contributed by atoms with E-state index in [-0.39, 0.29) is 38.0 Å². The molecule has 0 amide bonds. The van der Waals surface area contributed by atoms with Crippen LogP contribution in [0.1, 0.15) is 25.3 Å². The number of hydrogen-bond acceptors (Lipinski definition) is 16. The van der Waals surface area contributed by atoms with E-state index < -0.39 is 36.9 Å². The van der Waals surface area contributed by atoms with E-state index in [0.717, 1.165) is 0 Å². The number of rotatable bonds is 7. The number of aliphatic hydroxyl groups excluding tert-OH is 4. The van der Waals surface area contributed by atoms with Crippen molar-refractivity contribution in [2.75, 3.05) is 24.7 Å². The van der Waals surface area contributed by atoms with Gasteiger partial charge < -0.3 is 41.4 Å². The summed E-state index contributed by atoms with van der Waals surface area (Å²) in [7, 11) is 2.41. The summed E-state index contributed by atoms with van der Waals surface area (Å²) in [5, 5.41) is 40.5. The molecule has 0 aromatic carbocycles. The van der Waals surface area contributed by atoms with Crippen molar-refractivity contribution < 1.29 is 29.9 Å². The summed E-state index contributed by atoms with van der Waals surface area (Å²) in [6, 6.07) is 0. The van der Waals surface area contributed by atoms with Crippen molar-refractivity contribution in [1.82, 2.24) is 39.0 Å². The molecule has 4 aromatic rings. The molecule has 0 bridgehead atoms. The van der Waals surface area contributed by atoms with Crippen LogP contribution in [0, 0.1) is 0 Å². The summed E-state index contributed by atoms with van der Waals surface area (Å²) < 4.78 is 14.6. The molecule has 4 aromatic heterocycles. The second-order valence-corrected chi connectivity index (χ2v) is 11.0. The molecule has 8 N–H and O–H groups in total. The third-order valence-corrected chi connectivity index (χ3v) is 8.46. The minimum Gasteiger partial charge on any atom is -0.394 e. The van der Waals surface area contributed by atoms with Gasteiger partial charge in [0, 0.05) is 12.8 Å². The first-order chi connectivity index (χ1) is 18.4. The van der Waals surface area contributed by atoms with Crippen LogP contribution >= 0.6 is 21.6 Å². The molecule has 0 saturated carbocycles. The Bertz CT molecular complexity index is 1380. The van der Waals surface area contributed by atoms with Gasteiger partial charge in [0.2, 0.25) is 11.9 Å². The van der Waals surface area contributed by atoms with E-state index in [1.165, 1.54) is 34.2 Å². The second-order valence-electron chi connectivity index (χ2n) is 8.86. The minimum atomic E-state index is -0.853. The number of anilines is 2. The number of ether oxygens (including phenoxy) is 2. The Hall–Kier alpha value is -2.84. The largest absolute Gasteiger partial charge is 0.394 e. The summed E-state index contributed by atoms with van der Waals surface area (Å²) in [6.07, 6.45) is -0.727. The lowest BCUT2D eigenvalue weighted by Gasteiger charge is -2.16. The Morgan fingerprint density at radius 2 is 1.18 bits per heavy atom. The second kappa shape index (κ2) is 10.0. The number of fused-ring (bicyclic) bond motifs is 2. The summed E-state index contributed by atoms with van der Waals surface area (Å²) >= 11 is 0. The first-order valence-electron chi connectivity index (χ1n) is 11.6. The fourth-order valence-corrected chi connectivity index (χ4v) is 6.61. The van der Waals surface area contributed by atoms with E-state index in [1.807, 2.05) is 0 Å². The van der Waals surface area contributed by atoms with Crippen LogP contribution in [0.15, 0.2) is 22.7 Å². The zero-order chi connectivity index (χ0) is 26.6. The van der Waals surface area contributed by atoms with Crippen LogP contribution in [-0.4, -0.2) is 97.1 Å². The normalized spacial score (nSPS) is 27.7. The highest BCUT2D eigenvalue weighted by atomic mass is 33.1. The number of aliphatic hydroxyl groups is 4. The van der Waals surface area contributed by atoms with E-state index in [2.05, 4.69) is 29.9 Å². The van der Waals surface area contributed by atoms with Gasteiger partial charge in [-0.05, 0) is 21.6 Å². The Balaban J connectivity index is 1.30. The van der Waals surface area contributed by atoms with Gasteiger partial charge in [-0.3, -0.25) is 9.13 Å². The molecule has 2 aliphatic heterocycles. The molecule has 6 heterocycles. The van der Waals surface area contributed by atoms with Gasteiger partial charge in [0.25, 0.3) is 0 Å². The molecule has 2 aliphatic rings. The summed E-state index contributed by atoms with van der Waals surface area (Å²) in [4.78, 5) is 26.0. The predicted molar refractivity (Wildman–Crippen MR) is 134 cm³/mol. The average Bonchev–Trinajstić information content (AvgIpc) is 3.67. The highest BCUT2D eigenvalue weighted by molar-refractivity contribution is 8.76. The van der Waals surface area contributed by atoms with Crippen LogP contribution in [0.4, 0.5) is 11.9 Å². The van der Waals surface area contributed by atoms with Gasteiger partial charge in [-0.2, -0.15) is 9.97 Å². The van der Waals surface area contributed by atoms with E-state index in [0.29, 0.717) is 32.4 Å². The van der Waals surface area contributed by atoms with Crippen molar-refractivity contribution in [2.24, 2.45) is 0 Å². The number of nitrogens with zero attached hydrogens (tertiary/aromatic N) is 8. The van der Waals surface area contributed by atoms with Crippen molar-refractivity contribution in [1.29, 1.82) is 0 Å². The van der Waals surface area contributed by atoms with Crippen LogP contribution < -0.4 is 11.5 Å². The van der Waals surface area contributed by atoms with E-state index in [9.17, 15) is 20.4 Å². The molecule has 0 radical (unpaired) electrons. The highest BCUT2D eigenvalue weighted by Crippen LogP contribution is 2.42. The molecule has 18 heteroatoms. The van der Waals surface area contributed by atoms with Crippen LogP contribution in [0.3, 0.4) is 0 Å². The third-order valence-electron chi connectivity index (χ3n) is 6.30. The van der Waals surface area contributed by atoms with Gasteiger partial charge >= 0.3 is 0 Å². The van der Waals surface area contributed by atoms with Crippen molar-refractivity contribution >= 4 is 55.8 Å². The van der Waals surface area contributed by atoms with Gasteiger partial charge in [0.15, 0.2) is 23.8 Å². The Morgan fingerprint density at radius 3 is 1.55 bits per heavy atom. The first-order valence-corrected chi connectivity index (χ1v) is 13.7. The zero-order valence-electron chi connectivity index (χ0n) is 19.6. The summed E-state index contributed by atoms with van der Waals surface area (Å²) in [6.45, 7) is -0.426. The summed E-state index contributed by atoms with van der Waals surface area (Å²) in [5.41, 5.74) is 13.6. The fourth-order valence-electron chi connectivity index (χ4n) is 4.58. The molecule has 2 saturated heterocycles. The molecule has 38 heavy (non-hydrogen) atoms. The molecule has 6 rings (SSSR count). The molecule has 16 nitrogen and oxygen atoms in total. The lowest BCUT2D eigenvalue weighted by molar-refractivity contribution is -0.0486. The van der Waals surface area contributed by atoms with Gasteiger partial charge in [0.05, 0.1) is 38.1 Å². The number of imidazole rings is 2. The monoisotopic (exact) mass is 564 g/mol. The topological polar surface area (TPSA) is 239 Å². The maximum atomic E-state index is 10.4. The zero-order valence-corrected chi connectivity index (χ0v) is 21.2. The van der Waals surface area contributed by atoms with E-state index in [1.54, 1.807) is 9.13 Å². The quantitative estimate of drug-likeness (QED) is 0.119. The molecule has 202 valence electrons. The van der Waals surface area contributed by atoms with Crippen LogP contribution in [0.5, 0.6) is 0 Å². The Labute approximate surface area is 221 Å². The van der Waals surface area contributed by atoms with E-state index >= 15 is 0 Å². The fraction of sp³-hybridized carbons (Fsp3) is 0.500. The minimum absolute atomic E-state index is 0.00372. The number of hydrogen-bond donors (Lipinski definition) is 6. The van der Waals surface area contributed by atoms with Crippen LogP contribution in [0.2, 0.25) is 0 Å². The van der Waals surface area contributed by atoms with Gasteiger partial charge in [0.1, 0.15) is 33.3 Å². The smallest absolute Gasteiger partial charge is 0.223 e.